The molecule has 2 amide bonds. The maximum atomic E-state index is 13.3. The Morgan fingerprint density at radius 2 is 1.68 bits per heavy atom. The van der Waals surface area contributed by atoms with Crippen molar-refractivity contribution in [1.29, 1.82) is 0 Å². The van der Waals surface area contributed by atoms with E-state index in [1.807, 2.05) is 45.0 Å². The Labute approximate surface area is 170 Å². The maximum Gasteiger partial charge on any atom is 0.325 e. The molecule has 0 N–H and O–H groups in total. The highest BCUT2D eigenvalue weighted by Gasteiger charge is 2.53. The third-order valence-electron chi connectivity index (χ3n) is 5.76. The van der Waals surface area contributed by atoms with Crippen LogP contribution in [-0.4, -0.2) is 42.9 Å². The average Bonchev–Trinajstić information content (AvgIpc) is 3.04. The number of anilines is 1. The Morgan fingerprint density at radius 3 is 2.39 bits per heavy atom. The molecule has 2 aliphatic rings. The summed E-state index contributed by atoms with van der Waals surface area (Å²) >= 11 is 6.27. The van der Waals surface area contributed by atoms with Crippen LogP contribution in [0.2, 0.25) is 5.02 Å². The van der Waals surface area contributed by atoms with Gasteiger partial charge in [0.05, 0.1) is 23.6 Å². The number of aryl methyl sites for hydroxylation is 3. The van der Waals surface area contributed by atoms with Gasteiger partial charge >= 0.3 is 6.03 Å². The SMILES string of the molecule is Cc1ccc(C)c(CN2C(=O)N(c3ccc(C)c(Cl)c3)[C@H]3CS(=O)(=O)C[C@H]32)c1. The molecule has 0 bridgehead atoms. The normalized spacial score (nSPS) is 23.4. The van der Waals surface area contributed by atoms with Gasteiger partial charge in [-0.1, -0.05) is 41.4 Å². The molecular formula is C21H23ClN2O3S. The second kappa shape index (κ2) is 6.78. The molecule has 2 saturated heterocycles. The molecule has 0 spiro atoms. The first-order chi connectivity index (χ1) is 13.2. The Bertz CT molecular complexity index is 1070. The summed E-state index contributed by atoms with van der Waals surface area (Å²) in [6.07, 6.45) is 0. The smallest absolute Gasteiger partial charge is 0.314 e. The molecule has 0 saturated carbocycles. The number of urea groups is 1. The van der Waals surface area contributed by atoms with Gasteiger partial charge in [0.2, 0.25) is 0 Å². The quantitative estimate of drug-likeness (QED) is 0.711. The maximum absolute atomic E-state index is 13.3. The molecule has 2 aromatic carbocycles. The first kappa shape index (κ1) is 19.3. The van der Waals surface area contributed by atoms with Crippen LogP contribution < -0.4 is 4.90 Å². The van der Waals surface area contributed by atoms with Gasteiger partial charge in [-0.3, -0.25) is 4.90 Å². The van der Waals surface area contributed by atoms with Crippen molar-refractivity contribution in [2.45, 2.75) is 39.4 Å². The average molecular weight is 419 g/mol. The van der Waals surface area contributed by atoms with Crippen LogP contribution >= 0.6 is 11.6 Å². The number of hydrogen-bond acceptors (Lipinski definition) is 3. The minimum absolute atomic E-state index is 0.00433. The lowest BCUT2D eigenvalue weighted by Crippen LogP contribution is -2.37. The van der Waals surface area contributed by atoms with Crippen LogP contribution in [0.3, 0.4) is 0 Å². The van der Waals surface area contributed by atoms with E-state index in [2.05, 4.69) is 6.07 Å². The van der Waals surface area contributed by atoms with Crippen molar-refractivity contribution < 1.29 is 13.2 Å². The highest BCUT2D eigenvalue weighted by Crippen LogP contribution is 2.37. The summed E-state index contributed by atoms with van der Waals surface area (Å²) in [4.78, 5) is 16.7. The van der Waals surface area contributed by atoms with Gasteiger partial charge in [0.25, 0.3) is 0 Å². The Hall–Kier alpha value is -2.05. The highest BCUT2D eigenvalue weighted by molar-refractivity contribution is 7.91. The molecule has 2 atom stereocenters. The molecule has 7 heteroatoms. The Morgan fingerprint density at radius 1 is 1.00 bits per heavy atom. The van der Waals surface area contributed by atoms with Gasteiger partial charge in [0.15, 0.2) is 9.84 Å². The zero-order valence-electron chi connectivity index (χ0n) is 16.1. The summed E-state index contributed by atoms with van der Waals surface area (Å²) in [6, 6.07) is 10.7. The number of benzene rings is 2. The van der Waals surface area contributed by atoms with Gasteiger partial charge < -0.3 is 4.90 Å². The summed E-state index contributed by atoms with van der Waals surface area (Å²) in [7, 11) is -3.20. The van der Waals surface area contributed by atoms with Crippen molar-refractivity contribution in [3.8, 4) is 0 Å². The Kier molecular flexibility index (Phi) is 4.67. The lowest BCUT2D eigenvalue weighted by Gasteiger charge is -2.23. The van der Waals surface area contributed by atoms with Crippen molar-refractivity contribution in [3.63, 3.8) is 0 Å². The number of sulfone groups is 1. The van der Waals surface area contributed by atoms with Crippen LogP contribution in [0.4, 0.5) is 10.5 Å². The van der Waals surface area contributed by atoms with E-state index in [9.17, 15) is 13.2 Å². The number of nitrogens with zero attached hydrogens (tertiary/aromatic N) is 2. The molecule has 148 valence electrons. The lowest BCUT2D eigenvalue weighted by molar-refractivity contribution is 0.205. The van der Waals surface area contributed by atoms with Crippen LogP contribution in [0.25, 0.3) is 0 Å². The van der Waals surface area contributed by atoms with Gasteiger partial charge in [-0.25, -0.2) is 13.2 Å². The first-order valence-corrected chi connectivity index (χ1v) is 11.5. The monoisotopic (exact) mass is 418 g/mol. The van der Waals surface area contributed by atoms with E-state index in [1.54, 1.807) is 15.9 Å². The molecule has 0 aliphatic carbocycles. The van der Waals surface area contributed by atoms with Crippen LogP contribution in [0.1, 0.15) is 22.3 Å². The van der Waals surface area contributed by atoms with Crippen molar-refractivity contribution in [1.82, 2.24) is 4.90 Å². The van der Waals surface area contributed by atoms with Gasteiger partial charge in [-0.05, 0) is 49.6 Å². The van der Waals surface area contributed by atoms with E-state index in [-0.39, 0.29) is 29.6 Å². The molecule has 4 rings (SSSR count). The summed E-state index contributed by atoms with van der Waals surface area (Å²) < 4.78 is 24.8. The lowest BCUT2D eigenvalue weighted by atomic mass is 10.0. The van der Waals surface area contributed by atoms with Gasteiger partial charge in [0.1, 0.15) is 0 Å². The first-order valence-electron chi connectivity index (χ1n) is 9.29. The van der Waals surface area contributed by atoms with E-state index < -0.39 is 9.84 Å². The molecule has 0 unspecified atom stereocenters. The number of amides is 2. The number of halogens is 1. The number of rotatable bonds is 3. The van der Waals surface area contributed by atoms with E-state index in [4.69, 9.17) is 11.6 Å². The predicted molar refractivity (Wildman–Crippen MR) is 112 cm³/mol. The molecule has 0 aromatic heterocycles. The molecule has 2 aliphatic heterocycles. The largest absolute Gasteiger partial charge is 0.325 e. The second-order valence-corrected chi connectivity index (χ2v) is 10.4. The van der Waals surface area contributed by atoms with Gasteiger partial charge in [0, 0.05) is 17.3 Å². The van der Waals surface area contributed by atoms with E-state index in [0.29, 0.717) is 17.3 Å². The summed E-state index contributed by atoms with van der Waals surface area (Å²) in [6.45, 7) is 6.32. The zero-order valence-corrected chi connectivity index (χ0v) is 17.7. The number of fused-ring (bicyclic) bond motifs is 1. The van der Waals surface area contributed by atoms with Crippen molar-refractivity contribution >= 4 is 33.2 Å². The standard InChI is InChI=1S/C21H23ClN2O3S/c1-13-4-5-14(2)16(8-13)10-23-19-11-28(26,27)12-20(19)24(21(23)25)17-7-6-15(3)18(22)9-17/h4-9,19-20H,10-12H2,1-3H3/t19-,20+/m1/s1. The van der Waals surface area contributed by atoms with E-state index in [1.165, 1.54) is 0 Å². The van der Waals surface area contributed by atoms with E-state index in [0.717, 1.165) is 22.3 Å². The predicted octanol–water partition coefficient (Wildman–Crippen LogP) is 3.87. The van der Waals surface area contributed by atoms with Crippen molar-refractivity contribution in [3.05, 3.63) is 63.7 Å². The number of carbonyl (C=O) groups excluding carboxylic acids is 1. The molecular weight excluding hydrogens is 396 g/mol. The summed E-state index contributed by atoms with van der Waals surface area (Å²) in [5.74, 6) is -0.0113. The highest BCUT2D eigenvalue weighted by atomic mass is 35.5. The van der Waals surface area contributed by atoms with Crippen molar-refractivity contribution in [2.75, 3.05) is 16.4 Å². The van der Waals surface area contributed by atoms with Crippen LogP contribution in [0, 0.1) is 20.8 Å². The number of carbonyl (C=O) groups is 1. The van der Waals surface area contributed by atoms with Gasteiger partial charge in [-0.15, -0.1) is 0 Å². The molecule has 5 nitrogen and oxygen atoms in total. The topological polar surface area (TPSA) is 57.7 Å². The van der Waals surface area contributed by atoms with E-state index >= 15 is 0 Å². The molecule has 2 heterocycles. The van der Waals surface area contributed by atoms with Crippen LogP contribution in [0.15, 0.2) is 36.4 Å². The molecule has 2 aromatic rings. The minimum Gasteiger partial charge on any atom is -0.314 e. The Balaban J connectivity index is 1.74. The fraction of sp³-hybridized carbons (Fsp3) is 0.381. The van der Waals surface area contributed by atoms with Crippen LogP contribution in [0.5, 0.6) is 0 Å². The second-order valence-electron chi connectivity index (χ2n) is 7.86. The minimum atomic E-state index is -3.20. The van der Waals surface area contributed by atoms with Crippen LogP contribution in [-0.2, 0) is 16.4 Å². The molecule has 2 fully saturated rings. The third-order valence-corrected chi connectivity index (χ3v) is 7.86. The number of hydrogen-bond donors (Lipinski definition) is 0. The molecule has 0 radical (unpaired) electrons. The molecule has 28 heavy (non-hydrogen) atoms. The fourth-order valence-corrected chi connectivity index (χ4v) is 6.27. The summed E-state index contributed by atoms with van der Waals surface area (Å²) in [5, 5.41) is 0.565. The third kappa shape index (κ3) is 3.29. The summed E-state index contributed by atoms with van der Waals surface area (Å²) in [5.41, 5.74) is 4.81. The van der Waals surface area contributed by atoms with Gasteiger partial charge in [-0.2, -0.15) is 0 Å². The van der Waals surface area contributed by atoms with Crippen molar-refractivity contribution in [2.24, 2.45) is 0 Å². The fourth-order valence-electron chi connectivity index (χ4n) is 4.15. The zero-order chi connectivity index (χ0) is 20.2.